The molecule has 1 aromatic carbocycles. The van der Waals surface area contributed by atoms with E-state index < -0.39 is 11.8 Å². The van der Waals surface area contributed by atoms with Crippen LogP contribution >= 0.6 is 22.9 Å². The molecule has 20 heavy (non-hydrogen) atoms. The van der Waals surface area contributed by atoms with Gasteiger partial charge >= 0.3 is 0 Å². The van der Waals surface area contributed by atoms with Crippen LogP contribution in [0.3, 0.4) is 0 Å². The Hall–Kier alpha value is -2.05. The monoisotopic (exact) mass is 310 g/mol. The maximum Gasteiger partial charge on any atom is 0.262 e. The summed E-state index contributed by atoms with van der Waals surface area (Å²) in [5, 5.41) is 5.08. The van der Waals surface area contributed by atoms with E-state index in [1.807, 2.05) is 0 Å². The van der Waals surface area contributed by atoms with E-state index in [4.69, 9.17) is 22.1 Å². The summed E-state index contributed by atoms with van der Waals surface area (Å²) in [6, 6.07) is 8.40. The molecule has 0 spiro atoms. The first-order valence-electron chi connectivity index (χ1n) is 5.62. The highest BCUT2D eigenvalue weighted by Gasteiger charge is 2.13. The van der Waals surface area contributed by atoms with Gasteiger partial charge in [0, 0.05) is 0 Å². The smallest absolute Gasteiger partial charge is 0.262 e. The van der Waals surface area contributed by atoms with E-state index >= 15 is 0 Å². The first-order chi connectivity index (χ1) is 9.58. The summed E-state index contributed by atoms with van der Waals surface area (Å²) in [6.07, 6.45) is 0. The number of thiophene rings is 1. The van der Waals surface area contributed by atoms with Crippen molar-refractivity contribution in [2.45, 2.75) is 0 Å². The van der Waals surface area contributed by atoms with Crippen molar-refractivity contribution in [1.82, 2.24) is 0 Å². The van der Waals surface area contributed by atoms with Crippen LogP contribution in [0.1, 0.15) is 10.4 Å². The third-order valence-corrected chi connectivity index (χ3v) is 3.52. The van der Waals surface area contributed by atoms with Gasteiger partial charge in [-0.25, -0.2) is 0 Å². The highest BCUT2D eigenvalue weighted by molar-refractivity contribution is 7.14. The number of nitrogens with one attached hydrogen (secondary N) is 1. The standard InChI is InChI=1S/C13H11ClN2O3S/c14-9-3-1-2-4-10(9)19-7-11(17)16-13-8(12(15)18)5-6-20-13/h1-6H,7H2,(H2,15,18)(H,16,17). The number of primary amides is 1. The van der Waals surface area contributed by atoms with Gasteiger partial charge in [-0.2, -0.15) is 0 Å². The van der Waals surface area contributed by atoms with Gasteiger partial charge in [0.05, 0.1) is 10.6 Å². The van der Waals surface area contributed by atoms with E-state index in [0.717, 1.165) is 0 Å². The molecule has 0 radical (unpaired) electrons. The van der Waals surface area contributed by atoms with Crippen LogP contribution in [0.2, 0.25) is 5.02 Å². The molecule has 1 heterocycles. The minimum atomic E-state index is -0.589. The molecule has 2 rings (SSSR count). The van der Waals surface area contributed by atoms with Crippen LogP contribution in [0.15, 0.2) is 35.7 Å². The number of halogens is 1. The fourth-order valence-corrected chi connectivity index (χ4v) is 2.47. The van der Waals surface area contributed by atoms with E-state index in [0.29, 0.717) is 15.8 Å². The molecule has 2 aromatic rings. The van der Waals surface area contributed by atoms with Crippen LogP contribution in [0.4, 0.5) is 5.00 Å². The molecular formula is C13H11ClN2O3S. The molecule has 0 atom stereocenters. The lowest BCUT2D eigenvalue weighted by Crippen LogP contribution is -2.21. The number of hydrogen-bond acceptors (Lipinski definition) is 4. The number of para-hydroxylation sites is 1. The van der Waals surface area contributed by atoms with Crippen LogP contribution in [0, 0.1) is 0 Å². The summed E-state index contributed by atoms with van der Waals surface area (Å²) in [6.45, 7) is -0.208. The summed E-state index contributed by atoms with van der Waals surface area (Å²) in [4.78, 5) is 22.9. The van der Waals surface area contributed by atoms with E-state index in [1.165, 1.54) is 11.3 Å². The molecule has 0 fully saturated rings. The van der Waals surface area contributed by atoms with Gasteiger partial charge in [0.2, 0.25) is 0 Å². The number of rotatable bonds is 5. The number of ether oxygens (including phenoxy) is 1. The first kappa shape index (κ1) is 14.4. The zero-order valence-corrected chi connectivity index (χ0v) is 11.8. The zero-order chi connectivity index (χ0) is 14.5. The van der Waals surface area contributed by atoms with Gasteiger partial charge in [-0.1, -0.05) is 23.7 Å². The minimum Gasteiger partial charge on any atom is -0.482 e. The molecule has 0 aliphatic rings. The lowest BCUT2D eigenvalue weighted by Gasteiger charge is -2.08. The molecule has 104 valence electrons. The second-order valence-corrected chi connectivity index (χ2v) is 5.12. The minimum absolute atomic E-state index is 0.208. The highest BCUT2D eigenvalue weighted by atomic mass is 35.5. The summed E-state index contributed by atoms with van der Waals surface area (Å²) in [5.41, 5.74) is 5.47. The fourth-order valence-electron chi connectivity index (χ4n) is 1.47. The number of anilines is 1. The lowest BCUT2D eigenvalue weighted by molar-refractivity contribution is -0.118. The average Bonchev–Trinajstić information content (AvgIpc) is 2.86. The maximum absolute atomic E-state index is 11.7. The molecule has 0 saturated carbocycles. The Morgan fingerprint density at radius 3 is 2.75 bits per heavy atom. The first-order valence-corrected chi connectivity index (χ1v) is 6.88. The number of carbonyl (C=O) groups excluding carboxylic acids is 2. The largest absolute Gasteiger partial charge is 0.482 e. The number of nitrogens with two attached hydrogens (primary N) is 1. The van der Waals surface area contributed by atoms with Gasteiger partial charge in [0.1, 0.15) is 10.8 Å². The Morgan fingerprint density at radius 2 is 2.05 bits per heavy atom. The number of hydrogen-bond donors (Lipinski definition) is 2. The Balaban J connectivity index is 1.95. The van der Waals surface area contributed by atoms with Crippen LogP contribution in [-0.4, -0.2) is 18.4 Å². The second kappa shape index (κ2) is 6.40. The Labute approximate surface area is 124 Å². The maximum atomic E-state index is 11.7. The van der Waals surface area contributed by atoms with Crippen molar-refractivity contribution in [3.63, 3.8) is 0 Å². The molecule has 1 aromatic heterocycles. The summed E-state index contributed by atoms with van der Waals surface area (Å²) in [7, 11) is 0. The van der Waals surface area contributed by atoms with Gasteiger partial charge in [0.15, 0.2) is 6.61 Å². The van der Waals surface area contributed by atoms with E-state index in [2.05, 4.69) is 5.32 Å². The SMILES string of the molecule is NC(=O)c1ccsc1NC(=O)COc1ccccc1Cl. The van der Waals surface area contributed by atoms with Crippen molar-refractivity contribution in [1.29, 1.82) is 0 Å². The number of carbonyl (C=O) groups is 2. The molecule has 3 N–H and O–H groups in total. The molecule has 5 nitrogen and oxygen atoms in total. The highest BCUT2D eigenvalue weighted by Crippen LogP contribution is 2.24. The van der Waals surface area contributed by atoms with Gasteiger partial charge in [-0.05, 0) is 23.6 Å². The molecule has 0 unspecified atom stereocenters. The topological polar surface area (TPSA) is 81.4 Å². The summed E-state index contributed by atoms with van der Waals surface area (Å²) in [5.74, 6) is -0.561. The number of amides is 2. The molecule has 0 saturated heterocycles. The Morgan fingerprint density at radius 1 is 1.30 bits per heavy atom. The van der Waals surface area contributed by atoms with Crippen LogP contribution in [0.5, 0.6) is 5.75 Å². The van der Waals surface area contributed by atoms with Crippen molar-refractivity contribution < 1.29 is 14.3 Å². The summed E-state index contributed by atoms with van der Waals surface area (Å²) < 4.78 is 5.29. The van der Waals surface area contributed by atoms with E-state index in [1.54, 1.807) is 35.7 Å². The molecular weight excluding hydrogens is 300 g/mol. The van der Waals surface area contributed by atoms with Gasteiger partial charge < -0.3 is 15.8 Å². The van der Waals surface area contributed by atoms with E-state index in [9.17, 15) is 9.59 Å². The third kappa shape index (κ3) is 3.49. The summed E-state index contributed by atoms with van der Waals surface area (Å²) >= 11 is 7.12. The van der Waals surface area contributed by atoms with Gasteiger partial charge in [-0.15, -0.1) is 11.3 Å². The molecule has 7 heteroatoms. The Bertz CT molecular complexity index is 642. The van der Waals surface area contributed by atoms with Gasteiger partial charge in [-0.3, -0.25) is 9.59 Å². The fraction of sp³-hybridized carbons (Fsp3) is 0.0769. The molecule has 0 aliphatic carbocycles. The van der Waals surface area contributed by atoms with Crippen molar-refractivity contribution in [2.75, 3.05) is 11.9 Å². The predicted octanol–water partition coefficient (Wildman–Crippen LogP) is 2.52. The molecule has 0 bridgehead atoms. The Kier molecular flexibility index (Phi) is 4.60. The molecule has 2 amide bonds. The van der Waals surface area contributed by atoms with Crippen molar-refractivity contribution in [3.8, 4) is 5.75 Å². The van der Waals surface area contributed by atoms with Gasteiger partial charge in [0.25, 0.3) is 11.8 Å². The predicted molar refractivity (Wildman–Crippen MR) is 78.4 cm³/mol. The average molecular weight is 311 g/mol. The van der Waals surface area contributed by atoms with E-state index in [-0.39, 0.29) is 12.2 Å². The normalized spacial score (nSPS) is 10.1. The van der Waals surface area contributed by atoms with Crippen molar-refractivity contribution in [3.05, 3.63) is 46.3 Å². The van der Waals surface area contributed by atoms with Crippen LogP contribution in [0.25, 0.3) is 0 Å². The van der Waals surface area contributed by atoms with Crippen molar-refractivity contribution in [2.24, 2.45) is 5.73 Å². The second-order valence-electron chi connectivity index (χ2n) is 3.79. The quantitative estimate of drug-likeness (QED) is 0.890. The number of benzene rings is 1. The van der Waals surface area contributed by atoms with Crippen molar-refractivity contribution >= 4 is 39.8 Å². The lowest BCUT2D eigenvalue weighted by atomic mass is 10.3. The van der Waals surface area contributed by atoms with Crippen LogP contribution < -0.4 is 15.8 Å². The third-order valence-electron chi connectivity index (χ3n) is 2.38. The molecule has 0 aliphatic heterocycles. The zero-order valence-electron chi connectivity index (χ0n) is 10.3. The van der Waals surface area contributed by atoms with Crippen LogP contribution in [-0.2, 0) is 4.79 Å².